The lowest BCUT2D eigenvalue weighted by Gasteiger charge is -2.12. The molecular weight excluding hydrogens is 366 g/mol. The van der Waals surface area contributed by atoms with Gasteiger partial charge in [0.15, 0.2) is 17.5 Å². The summed E-state index contributed by atoms with van der Waals surface area (Å²) >= 11 is 0. The predicted octanol–water partition coefficient (Wildman–Crippen LogP) is 2.90. The summed E-state index contributed by atoms with van der Waals surface area (Å²) < 4.78 is 12.6. The van der Waals surface area contributed by atoms with Crippen molar-refractivity contribution in [1.29, 1.82) is 0 Å². The summed E-state index contributed by atoms with van der Waals surface area (Å²) in [5.74, 6) is 2.45. The molecule has 150 valence electrons. The third-order valence-electron chi connectivity index (χ3n) is 4.61. The van der Waals surface area contributed by atoms with Gasteiger partial charge in [0.1, 0.15) is 0 Å². The van der Waals surface area contributed by atoms with Crippen LogP contribution in [-0.4, -0.2) is 35.6 Å². The summed E-state index contributed by atoms with van der Waals surface area (Å²) in [5.41, 5.74) is 3.39. The van der Waals surface area contributed by atoms with E-state index in [1.807, 2.05) is 29.1 Å². The van der Waals surface area contributed by atoms with Gasteiger partial charge in [-0.25, -0.2) is 9.67 Å². The summed E-state index contributed by atoms with van der Waals surface area (Å²) in [5, 5.41) is 10.9. The number of ether oxygens (including phenoxy) is 2. The largest absolute Gasteiger partial charge is 0.454 e. The van der Waals surface area contributed by atoms with Gasteiger partial charge in [-0.1, -0.05) is 18.2 Å². The van der Waals surface area contributed by atoms with Gasteiger partial charge in [0.05, 0.1) is 12.2 Å². The van der Waals surface area contributed by atoms with Crippen LogP contribution in [0.25, 0.3) is 5.69 Å². The Morgan fingerprint density at radius 2 is 1.90 bits per heavy atom. The zero-order valence-corrected chi connectivity index (χ0v) is 16.5. The van der Waals surface area contributed by atoms with Crippen LogP contribution in [0.3, 0.4) is 0 Å². The lowest BCUT2D eigenvalue weighted by Crippen LogP contribution is -2.38. The van der Waals surface area contributed by atoms with Crippen LogP contribution < -0.4 is 20.1 Å². The number of rotatable bonds is 7. The lowest BCUT2D eigenvalue weighted by molar-refractivity contribution is 0.174. The van der Waals surface area contributed by atoms with Gasteiger partial charge in [-0.2, -0.15) is 5.10 Å². The number of fused-ring (bicyclic) bond motifs is 1. The Hall–Kier alpha value is -3.48. The van der Waals surface area contributed by atoms with Gasteiger partial charge >= 0.3 is 0 Å². The van der Waals surface area contributed by atoms with Crippen molar-refractivity contribution in [3.05, 3.63) is 72.1 Å². The molecule has 29 heavy (non-hydrogen) atoms. The molecule has 0 aliphatic carbocycles. The van der Waals surface area contributed by atoms with Gasteiger partial charge < -0.3 is 20.1 Å². The molecule has 0 atom stereocenters. The summed E-state index contributed by atoms with van der Waals surface area (Å²) in [4.78, 5) is 4.69. The minimum atomic E-state index is 0.303. The first-order chi connectivity index (χ1) is 14.3. The van der Waals surface area contributed by atoms with E-state index in [1.165, 1.54) is 5.56 Å². The first-order valence-electron chi connectivity index (χ1n) is 9.81. The molecule has 4 rings (SSSR count). The Morgan fingerprint density at radius 3 is 2.69 bits per heavy atom. The van der Waals surface area contributed by atoms with Crippen LogP contribution in [0.5, 0.6) is 11.5 Å². The molecule has 0 spiro atoms. The monoisotopic (exact) mass is 391 g/mol. The third-order valence-corrected chi connectivity index (χ3v) is 4.61. The fourth-order valence-corrected chi connectivity index (χ4v) is 3.11. The van der Waals surface area contributed by atoms with Crippen molar-refractivity contribution in [3.63, 3.8) is 0 Å². The van der Waals surface area contributed by atoms with Crippen molar-refractivity contribution < 1.29 is 9.47 Å². The molecule has 1 aliphatic heterocycles. The molecular formula is C22H25N5O2. The minimum Gasteiger partial charge on any atom is -0.454 e. The van der Waals surface area contributed by atoms with E-state index in [1.54, 1.807) is 6.20 Å². The maximum atomic E-state index is 5.44. The standard InChI is InChI=1S/C22H25N5O2/c1-2-23-22(24-12-10-17-6-9-20-21(14-17)29-16-28-20)25-15-18-4-7-19(8-5-18)27-13-3-11-26-27/h3-9,11,13-14H,2,10,12,15-16H2,1H3,(H2,23,24,25). The van der Waals surface area contributed by atoms with Crippen LogP contribution in [-0.2, 0) is 13.0 Å². The molecule has 7 heteroatoms. The Balaban J connectivity index is 1.31. The fourth-order valence-electron chi connectivity index (χ4n) is 3.11. The highest BCUT2D eigenvalue weighted by Crippen LogP contribution is 2.32. The Labute approximate surface area is 170 Å². The van der Waals surface area contributed by atoms with E-state index in [0.29, 0.717) is 13.3 Å². The highest BCUT2D eigenvalue weighted by Gasteiger charge is 2.12. The Kier molecular flexibility index (Phi) is 5.95. The SMILES string of the molecule is CCNC(=NCc1ccc(-n2cccn2)cc1)NCCc1ccc2c(c1)OCO2. The summed E-state index contributed by atoms with van der Waals surface area (Å²) in [6.45, 7) is 4.57. The molecule has 1 aromatic heterocycles. The van der Waals surface area contributed by atoms with E-state index in [9.17, 15) is 0 Å². The molecule has 0 unspecified atom stereocenters. The van der Waals surface area contributed by atoms with E-state index < -0.39 is 0 Å². The number of nitrogens with zero attached hydrogens (tertiary/aromatic N) is 3. The second-order valence-corrected chi connectivity index (χ2v) is 6.68. The maximum Gasteiger partial charge on any atom is 0.231 e. The van der Waals surface area contributed by atoms with Crippen molar-refractivity contribution in [3.8, 4) is 17.2 Å². The molecule has 2 aromatic carbocycles. The molecule has 7 nitrogen and oxygen atoms in total. The Morgan fingerprint density at radius 1 is 1.07 bits per heavy atom. The number of guanidine groups is 1. The van der Waals surface area contributed by atoms with Crippen molar-refractivity contribution in [2.24, 2.45) is 4.99 Å². The molecule has 3 aromatic rings. The normalized spacial score (nSPS) is 12.8. The van der Waals surface area contributed by atoms with Gasteiger partial charge in [0.25, 0.3) is 0 Å². The van der Waals surface area contributed by atoms with E-state index in [0.717, 1.165) is 48.2 Å². The second kappa shape index (κ2) is 9.14. The molecule has 2 heterocycles. The second-order valence-electron chi connectivity index (χ2n) is 6.68. The highest BCUT2D eigenvalue weighted by atomic mass is 16.7. The lowest BCUT2D eigenvalue weighted by atomic mass is 10.1. The quantitative estimate of drug-likeness (QED) is 0.479. The summed E-state index contributed by atoms with van der Waals surface area (Å²) in [7, 11) is 0. The number of nitrogens with one attached hydrogen (secondary N) is 2. The van der Waals surface area contributed by atoms with E-state index in [-0.39, 0.29) is 0 Å². The van der Waals surface area contributed by atoms with Gasteiger partial charge in [-0.05, 0) is 54.8 Å². The number of aromatic nitrogens is 2. The first kappa shape index (κ1) is 18.9. The zero-order chi connectivity index (χ0) is 19.9. The van der Waals surface area contributed by atoms with E-state index >= 15 is 0 Å². The Bertz CT molecular complexity index is 952. The number of hydrogen-bond acceptors (Lipinski definition) is 4. The summed E-state index contributed by atoms with van der Waals surface area (Å²) in [6.07, 6.45) is 4.58. The average molecular weight is 391 g/mol. The fraction of sp³-hybridized carbons (Fsp3) is 0.273. The van der Waals surface area contributed by atoms with Crippen LogP contribution >= 0.6 is 0 Å². The maximum absolute atomic E-state index is 5.44. The van der Waals surface area contributed by atoms with Gasteiger partial charge in [-0.3, -0.25) is 0 Å². The smallest absolute Gasteiger partial charge is 0.231 e. The highest BCUT2D eigenvalue weighted by molar-refractivity contribution is 5.79. The van der Waals surface area contributed by atoms with Gasteiger partial charge in [0.2, 0.25) is 6.79 Å². The topological polar surface area (TPSA) is 72.7 Å². The van der Waals surface area contributed by atoms with Crippen molar-refractivity contribution >= 4 is 5.96 Å². The van der Waals surface area contributed by atoms with Crippen LogP contribution in [0.4, 0.5) is 0 Å². The molecule has 0 amide bonds. The van der Waals surface area contributed by atoms with Gasteiger partial charge in [-0.15, -0.1) is 0 Å². The van der Waals surface area contributed by atoms with Crippen LogP contribution in [0.15, 0.2) is 65.9 Å². The molecule has 2 N–H and O–H groups in total. The molecule has 0 saturated heterocycles. The number of benzene rings is 2. The molecule has 0 radical (unpaired) electrons. The molecule has 0 saturated carbocycles. The van der Waals surface area contributed by atoms with Crippen LogP contribution in [0.2, 0.25) is 0 Å². The minimum absolute atomic E-state index is 0.303. The number of hydrogen-bond donors (Lipinski definition) is 2. The first-order valence-corrected chi connectivity index (χ1v) is 9.81. The molecule has 1 aliphatic rings. The van der Waals surface area contributed by atoms with Crippen molar-refractivity contribution in [2.75, 3.05) is 19.9 Å². The van der Waals surface area contributed by atoms with Crippen molar-refractivity contribution in [2.45, 2.75) is 19.9 Å². The van der Waals surface area contributed by atoms with Crippen LogP contribution in [0, 0.1) is 0 Å². The van der Waals surface area contributed by atoms with E-state index in [2.05, 4.69) is 53.0 Å². The van der Waals surface area contributed by atoms with E-state index in [4.69, 9.17) is 14.5 Å². The average Bonchev–Trinajstić information content (AvgIpc) is 3.44. The summed E-state index contributed by atoms with van der Waals surface area (Å²) in [6, 6.07) is 16.2. The number of aliphatic imine (C=N–C) groups is 1. The van der Waals surface area contributed by atoms with Crippen molar-refractivity contribution in [1.82, 2.24) is 20.4 Å². The zero-order valence-electron chi connectivity index (χ0n) is 16.5. The molecule has 0 fully saturated rings. The molecule has 0 bridgehead atoms. The third kappa shape index (κ3) is 4.87. The predicted molar refractivity (Wildman–Crippen MR) is 113 cm³/mol. The van der Waals surface area contributed by atoms with Crippen LogP contribution in [0.1, 0.15) is 18.1 Å². The van der Waals surface area contributed by atoms with Gasteiger partial charge in [0, 0.05) is 25.5 Å².